The Balaban J connectivity index is 2.06. The summed E-state index contributed by atoms with van der Waals surface area (Å²) in [4.78, 5) is 11.8. The van der Waals surface area contributed by atoms with Crippen molar-refractivity contribution in [2.45, 2.75) is 37.5 Å². The number of hydrogen-bond donors (Lipinski definition) is 0. The number of ether oxygens (including phenoxy) is 1. The van der Waals surface area contributed by atoms with Crippen LogP contribution < -0.4 is 0 Å². The molecule has 4 heteroatoms. The summed E-state index contributed by atoms with van der Waals surface area (Å²) < 4.78 is 18.1. The molecule has 0 heterocycles. The minimum Gasteiger partial charge on any atom is -0.466 e. The van der Waals surface area contributed by atoms with Gasteiger partial charge in [0, 0.05) is 11.3 Å². The predicted octanol–water partition coefficient (Wildman–Crippen LogP) is 4.04. The van der Waals surface area contributed by atoms with Gasteiger partial charge in [-0.2, -0.15) is 0 Å². The number of carbonyl (C=O) groups is 1. The van der Waals surface area contributed by atoms with Crippen LogP contribution in [0.2, 0.25) is 0 Å². The van der Waals surface area contributed by atoms with Gasteiger partial charge in [0.2, 0.25) is 0 Å². The van der Waals surface area contributed by atoms with Crippen LogP contribution in [0.4, 0.5) is 4.39 Å². The second-order valence-electron chi connectivity index (χ2n) is 3.89. The highest BCUT2D eigenvalue weighted by Crippen LogP contribution is 2.22. The molecule has 0 amide bonds. The first kappa shape index (κ1) is 15.0. The topological polar surface area (TPSA) is 26.3 Å². The van der Waals surface area contributed by atoms with Crippen LogP contribution >= 0.6 is 11.8 Å². The lowest BCUT2D eigenvalue weighted by atomic mass is 10.2. The lowest BCUT2D eigenvalue weighted by molar-refractivity contribution is -0.143. The first-order valence-corrected chi connectivity index (χ1v) is 7.25. The summed E-state index contributed by atoms with van der Waals surface area (Å²) in [5, 5.41) is 0. The van der Waals surface area contributed by atoms with Crippen molar-refractivity contribution in [3.63, 3.8) is 0 Å². The lowest BCUT2D eigenvalue weighted by Crippen LogP contribution is -2.03. The molecule has 0 aromatic heterocycles. The fourth-order valence-corrected chi connectivity index (χ4v) is 2.47. The third kappa shape index (κ3) is 6.05. The summed E-state index contributed by atoms with van der Waals surface area (Å²) in [6.45, 7) is 2.25. The van der Waals surface area contributed by atoms with Gasteiger partial charge < -0.3 is 4.74 Å². The van der Waals surface area contributed by atoms with Crippen molar-refractivity contribution in [2.24, 2.45) is 0 Å². The van der Waals surface area contributed by atoms with Crippen molar-refractivity contribution >= 4 is 17.7 Å². The molecule has 1 rings (SSSR count). The van der Waals surface area contributed by atoms with E-state index in [2.05, 4.69) is 0 Å². The smallest absolute Gasteiger partial charge is 0.305 e. The molecule has 0 atom stereocenters. The second-order valence-corrected chi connectivity index (χ2v) is 5.03. The number of halogens is 1. The molecule has 0 N–H and O–H groups in total. The Morgan fingerprint density at radius 3 is 2.78 bits per heavy atom. The van der Waals surface area contributed by atoms with Crippen LogP contribution in [-0.2, 0) is 9.53 Å². The van der Waals surface area contributed by atoms with Crippen molar-refractivity contribution < 1.29 is 13.9 Å². The van der Waals surface area contributed by atoms with Crippen LogP contribution in [0.5, 0.6) is 0 Å². The van der Waals surface area contributed by atoms with Gasteiger partial charge >= 0.3 is 5.97 Å². The lowest BCUT2D eigenvalue weighted by Gasteiger charge is -2.03. The maximum atomic E-state index is 13.3. The fourth-order valence-electron chi connectivity index (χ4n) is 1.53. The minimum absolute atomic E-state index is 0.126. The van der Waals surface area contributed by atoms with Gasteiger partial charge in [-0.15, -0.1) is 11.8 Å². The molecular weight excluding hydrogens is 251 g/mol. The highest BCUT2D eigenvalue weighted by Gasteiger charge is 2.02. The zero-order valence-electron chi connectivity index (χ0n) is 10.7. The van der Waals surface area contributed by atoms with Crippen molar-refractivity contribution in [3.05, 3.63) is 30.1 Å². The first-order valence-electron chi connectivity index (χ1n) is 6.27. The summed E-state index contributed by atoms with van der Waals surface area (Å²) in [6, 6.07) is 6.80. The molecule has 0 aliphatic carbocycles. The second kappa shape index (κ2) is 8.97. The number of hydrogen-bond acceptors (Lipinski definition) is 3. The average Bonchev–Trinajstić information content (AvgIpc) is 2.36. The molecular formula is C14H19FO2S. The van der Waals surface area contributed by atoms with E-state index >= 15 is 0 Å². The van der Waals surface area contributed by atoms with E-state index in [1.165, 1.54) is 17.8 Å². The van der Waals surface area contributed by atoms with Gasteiger partial charge in [0.1, 0.15) is 5.82 Å². The predicted molar refractivity (Wildman–Crippen MR) is 72.2 cm³/mol. The van der Waals surface area contributed by atoms with E-state index in [1.807, 2.05) is 13.0 Å². The van der Waals surface area contributed by atoms with E-state index in [1.54, 1.807) is 12.1 Å². The number of rotatable bonds is 8. The van der Waals surface area contributed by atoms with Gasteiger partial charge in [0.25, 0.3) is 0 Å². The SMILES string of the molecule is CCOC(=O)CCCCCSc1ccccc1F. The molecule has 0 fully saturated rings. The molecule has 0 aliphatic heterocycles. The van der Waals surface area contributed by atoms with Gasteiger partial charge in [-0.3, -0.25) is 4.79 Å². The van der Waals surface area contributed by atoms with E-state index < -0.39 is 0 Å². The molecule has 0 aliphatic rings. The quantitative estimate of drug-likeness (QED) is 0.405. The molecule has 0 unspecified atom stereocenters. The first-order chi connectivity index (χ1) is 8.74. The Morgan fingerprint density at radius 1 is 1.28 bits per heavy atom. The van der Waals surface area contributed by atoms with Crippen molar-refractivity contribution in [2.75, 3.05) is 12.4 Å². The normalized spacial score (nSPS) is 10.3. The molecule has 0 spiro atoms. The minimum atomic E-state index is -0.158. The summed E-state index contributed by atoms with van der Waals surface area (Å²) in [5.41, 5.74) is 0. The Labute approximate surface area is 112 Å². The Bertz CT molecular complexity index is 369. The van der Waals surface area contributed by atoms with E-state index in [-0.39, 0.29) is 11.8 Å². The summed E-state index contributed by atoms with van der Waals surface area (Å²) >= 11 is 1.52. The molecule has 2 nitrogen and oxygen atoms in total. The van der Waals surface area contributed by atoms with E-state index in [0.717, 1.165) is 25.0 Å². The van der Waals surface area contributed by atoms with Crippen LogP contribution in [0.25, 0.3) is 0 Å². The van der Waals surface area contributed by atoms with Crippen LogP contribution in [0.1, 0.15) is 32.6 Å². The van der Waals surface area contributed by atoms with E-state index in [0.29, 0.717) is 17.9 Å². The summed E-state index contributed by atoms with van der Waals surface area (Å²) in [7, 11) is 0. The maximum Gasteiger partial charge on any atom is 0.305 e. The van der Waals surface area contributed by atoms with Crippen LogP contribution in [0.3, 0.4) is 0 Å². The van der Waals surface area contributed by atoms with Crippen LogP contribution in [-0.4, -0.2) is 18.3 Å². The van der Waals surface area contributed by atoms with Gasteiger partial charge in [0.15, 0.2) is 0 Å². The molecule has 100 valence electrons. The highest BCUT2D eigenvalue weighted by molar-refractivity contribution is 7.99. The Hall–Kier alpha value is -1.03. The molecule has 18 heavy (non-hydrogen) atoms. The third-order valence-corrected chi connectivity index (χ3v) is 3.56. The number of thioether (sulfide) groups is 1. The zero-order valence-corrected chi connectivity index (χ0v) is 11.5. The average molecular weight is 270 g/mol. The fraction of sp³-hybridized carbons (Fsp3) is 0.500. The van der Waals surface area contributed by atoms with Crippen molar-refractivity contribution in [3.8, 4) is 0 Å². The maximum absolute atomic E-state index is 13.3. The van der Waals surface area contributed by atoms with Crippen molar-refractivity contribution in [1.29, 1.82) is 0 Å². The van der Waals surface area contributed by atoms with Gasteiger partial charge in [-0.05, 0) is 37.7 Å². The molecule has 0 radical (unpaired) electrons. The molecule has 1 aromatic carbocycles. The highest BCUT2D eigenvalue weighted by atomic mass is 32.2. The van der Waals surface area contributed by atoms with Gasteiger partial charge in [-0.1, -0.05) is 18.6 Å². The van der Waals surface area contributed by atoms with Crippen LogP contribution in [0.15, 0.2) is 29.2 Å². The number of esters is 1. The monoisotopic (exact) mass is 270 g/mol. The number of carbonyl (C=O) groups excluding carboxylic acids is 1. The van der Waals surface area contributed by atoms with Gasteiger partial charge in [0.05, 0.1) is 6.61 Å². The molecule has 0 saturated carbocycles. The molecule has 0 bridgehead atoms. The van der Waals surface area contributed by atoms with Crippen LogP contribution in [0, 0.1) is 5.82 Å². The van der Waals surface area contributed by atoms with E-state index in [4.69, 9.17) is 4.74 Å². The molecule has 0 saturated heterocycles. The Kier molecular flexibility index (Phi) is 7.49. The number of benzene rings is 1. The van der Waals surface area contributed by atoms with Gasteiger partial charge in [-0.25, -0.2) is 4.39 Å². The van der Waals surface area contributed by atoms with E-state index in [9.17, 15) is 9.18 Å². The largest absolute Gasteiger partial charge is 0.466 e. The summed E-state index contributed by atoms with van der Waals surface area (Å²) in [6.07, 6.45) is 3.29. The summed E-state index contributed by atoms with van der Waals surface area (Å²) in [5.74, 6) is 0.595. The standard InChI is InChI=1S/C14H19FO2S/c1-2-17-14(16)10-4-3-7-11-18-13-9-6-5-8-12(13)15/h5-6,8-9H,2-4,7,10-11H2,1H3. The Morgan fingerprint density at radius 2 is 2.06 bits per heavy atom. The third-order valence-electron chi connectivity index (χ3n) is 2.42. The number of unbranched alkanes of at least 4 members (excludes halogenated alkanes) is 2. The zero-order chi connectivity index (χ0) is 13.2. The molecule has 1 aromatic rings. The van der Waals surface area contributed by atoms with Crippen molar-refractivity contribution in [1.82, 2.24) is 0 Å².